The van der Waals surface area contributed by atoms with Crippen LogP contribution in [0.4, 0.5) is 13.2 Å². The molecule has 1 aromatic rings. The summed E-state index contributed by atoms with van der Waals surface area (Å²) in [5.41, 5.74) is -0.647. The number of rotatable bonds is 0. The van der Waals surface area contributed by atoms with Crippen molar-refractivity contribution in [3.8, 4) is 0 Å². The number of hydrogen-bond acceptors (Lipinski definition) is 0. The fourth-order valence-corrected chi connectivity index (χ4v) is 1.29. The van der Waals surface area contributed by atoms with Crippen molar-refractivity contribution in [2.75, 3.05) is 0 Å². The van der Waals surface area contributed by atoms with Crippen molar-refractivity contribution in [2.45, 2.75) is 6.18 Å². The Morgan fingerprint density at radius 1 is 1.17 bits per heavy atom. The van der Waals surface area contributed by atoms with Crippen molar-refractivity contribution < 1.29 is 13.2 Å². The highest BCUT2D eigenvalue weighted by molar-refractivity contribution is 9.10. The van der Waals surface area contributed by atoms with Crippen molar-refractivity contribution in [2.24, 2.45) is 0 Å². The zero-order valence-electron chi connectivity index (χ0n) is 5.82. The standard InChI is InChI=1S/C8H4BrF3/c1-5-2-6(8(10,11)12)4-7(9)3-5/h1-4H. The molecule has 4 heteroatoms. The maximum absolute atomic E-state index is 12.1. The lowest BCUT2D eigenvalue weighted by Gasteiger charge is -2.07. The van der Waals surface area contributed by atoms with E-state index in [0.29, 0.717) is 4.47 Å². The molecule has 64 valence electrons. The molecule has 0 aliphatic carbocycles. The first-order valence-corrected chi connectivity index (χ1v) is 3.82. The van der Waals surface area contributed by atoms with Crippen LogP contribution in [0.1, 0.15) is 11.1 Å². The first-order chi connectivity index (χ1) is 5.39. The van der Waals surface area contributed by atoms with Crippen LogP contribution in [0.5, 0.6) is 0 Å². The van der Waals surface area contributed by atoms with Gasteiger partial charge >= 0.3 is 6.18 Å². The minimum absolute atomic E-state index is 0.0942. The summed E-state index contributed by atoms with van der Waals surface area (Å²) in [4.78, 5) is 0. The molecule has 0 unspecified atom stereocenters. The van der Waals surface area contributed by atoms with E-state index in [1.807, 2.05) is 0 Å². The minimum Gasteiger partial charge on any atom is -0.166 e. The van der Waals surface area contributed by atoms with E-state index < -0.39 is 11.7 Å². The van der Waals surface area contributed by atoms with Gasteiger partial charge in [0.1, 0.15) is 0 Å². The Morgan fingerprint density at radius 2 is 1.75 bits per heavy atom. The van der Waals surface area contributed by atoms with Gasteiger partial charge < -0.3 is 0 Å². The average molecular weight is 237 g/mol. The van der Waals surface area contributed by atoms with Crippen molar-refractivity contribution >= 4 is 15.9 Å². The predicted molar refractivity (Wildman–Crippen MR) is 42.5 cm³/mol. The maximum Gasteiger partial charge on any atom is 0.416 e. The number of halogens is 4. The van der Waals surface area contributed by atoms with Gasteiger partial charge in [0.15, 0.2) is 0 Å². The first kappa shape index (κ1) is 9.58. The van der Waals surface area contributed by atoms with Crippen molar-refractivity contribution in [1.29, 1.82) is 0 Å². The predicted octanol–water partition coefficient (Wildman–Crippen LogP) is 3.53. The van der Waals surface area contributed by atoms with Crippen LogP contribution >= 0.6 is 15.9 Å². The highest BCUT2D eigenvalue weighted by atomic mass is 79.9. The molecule has 2 radical (unpaired) electrons. The summed E-state index contributed by atoms with van der Waals surface area (Å²) in [5, 5.41) is 0. The molecule has 0 heterocycles. The van der Waals surface area contributed by atoms with Crippen LogP contribution in [0.3, 0.4) is 0 Å². The topological polar surface area (TPSA) is 0 Å². The van der Waals surface area contributed by atoms with Gasteiger partial charge in [0.2, 0.25) is 0 Å². The monoisotopic (exact) mass is 236 g/mol. The van der Waals surface area contributed by atoms with Crippen LogP contribution in [-0.4, -0.2) is 0 Å². The average Bonchev–Trinajstić information content (AvgIpc) is 1.82. The summed E-state index contributed by atoms with van der Waals surface area (Å²) in [7, 11) is 0. The van der Waals surface area contributed by atoms with E-state index >= 15 is 0 Å². The lowest BCUT2D eigenvalue weighted by molar-refractivity contribution is -0.137. The van der Waals surface area contributed by atoms with Gasteiger partial charge in [0.25, 0.3) is 0 Å². The van der Waals surface area contributed by atoms with Gasteiger partial charge in [0, 0.05) is 4.47 Å². The fraction of sp³-hybridized carbons (Fsp3) is 0.125. The van der Waals surface area contributed by atoms with Gasteiger partial charge in [-0.3, -0.25) is 0 Å². The van der Waals surface area contributed by atoms with Gasteiger partial charge in [-0.05, 0) is 30.7 Å². The molecule has 0 aliphatic heterocycles. The highest BCUT2D eigenvalue weighted by Gasteiger charge is 2.30. The maximum atomic E-state index is 12.1. The quantitative estimate of drug-likeness (QED) is 0.647. The second-order valence-electron chi connectivity index (χ2n) is 2.27. The third kappa shape index (κ3) is 2.24. The van der Waals surface area contributed by atoms with E-state index in [2.05, 4.69) is 15.9 Å². The number of benzene rings is 1. The third-order valence-electron chi connectivity index (χ3n) is 1.25. The van der Waals surface area contributed by atoms with Gasteiger partial charge in [-0.15, -0.1) is 0 Å². The Kier molecular flexibility index (Phi) is 2.46. The summed E-state index contributed by atoms with van der Waals surface area (Å²) < 4.78 is 36.5. The van der Waals surface area contributed by atoms with Crippen molar-refractivity contribution in [1.82, 2.24) is 0 Å². The van der Waals surface area contributed by atoms with E-state index in [-0.39, 0.29) is 5.56 Å². The summed E-state index contributed by atoms with van der Waals surface area (Å²) in [6, 6.07) is 3.29. The zero-order chi connectivity index (χ0) is 9.35. The van der Waals surface area contributed by atoms with Crippen molar-refractivity contribution in [3.63, 3.8) is 0 Å². The van der Waals surface area contributed by atoms with Crippen LogP contribution in [-0.2, 0) is 6.18 Å². The molecule has 0 fully saturated rings. The van der Waals surface area contributed by atoms with Crippen LogP contribution in [0.2, 0.25) is 0 Å². The van der Waals surface area contributed by atoms with E-state index in [1.54, 1.807) is 0 Å². The largest absolute Gasteiger partial charge is 0.416 e. The SMILES string of the molecule is [CH]c1cc(Br)cc(C(F)(F)F)c1. The molecule has 0 saturated carbocycles. The molecule has 0 aromatic heterocycles. The molecule has 0 atom stereocenters. The van der Waals surface area contributed by atoms with Gasteiger partial charge in [-0.25, -0.2) is 0 Å². The Balaban J connectivity index is 3.18. The molecule has 0 saturated heterocycles. The first-order valence-electron chi connectivity index (χ1n) is 3.03. The smallest absolute Gasteiger partial charge is 0.166 e. The minimum atomic E-state index is -4.34. The Bertz CT molecular complexity index is 271. The molecule has 0 amide bonds. The molecule has 1 aromatic carbocycles. The van der Waals surface area contributed by atoms with Crippen LogP contribution in [0, 0.1) is 6.92 Å². The Labute approximate surface area is 76.5 Å². The van der Waals surface area contributed by atoms with Crippen LogP contribution < -0.4 is 0 Å². The summed E-state index contributed by atoms with van der Waals surface area (Å²) in [5.74, 6) is 0. The molecule has 1 rings (SSSR count). The highest BCUT2D eigenvalue weighted by Crippen LogP contribution is 2.31. The molecular formula is C8H4BrF3. The van der Waals surface area contributed by atoms with Gasteiger partial charge in [0.05, 0.1) is 5.56 Å². The normalized spacial score (nSPS) is 11.8. The van der Waals surface area contributed by atoms with E-state index in [1.165, 1.54) is 6.07 Å². The summed E-state index contributed by atoms with van der Waals surface area (Å²) >= 11 is 2.93. The molecule has 0 N–H and O–H groups in total. The number of hydrogen-bond donors (Lipinski definition) is 0. The molecule has 0 spiro atoms. The van der Waals surface area contributed by atoms with Gasteiger partial charge in [-0.2, -0.15) is 13.2 Å². The van der Waals surface area contributed by atoms with E-state index in [0.717, 1.165) is 12.1 Å². The fourth-order valence-electron chi connectivity index (χ4n) is 0.776. The second kappa shape index (κ2) is 3.09. The lowest BCUT2D eigenvalue weighted by Crippen LogP contribution is -2.04. The summed E-state index contributed by atoms with van der Waals surface area (Å²) in [6.45, 7) is 5.23. The van der Waals surface area contributed by atoms with Crippen molar-refractivity contribution in [3.05, 3.63) is 40.7 Å². The Morgan fingerprint density at radius 3 is 2.17 bits per heavy atom. The van der Waals surface area contributed by atoms with Crippen LogP contribution in [0.25, 0.3) is 0 Å². The van der Waals surface area contributed by atoms with Crippen LogP contribution in [0.15, 0.2) is 22.7 Å². The molecule has 12 heavy (non-hydrogen) atoms. The molecule has 0 aliphatic rings. The van der Waals surface area contributed by atoms with E-state index in [9.17, 15) is 13.2 Å². The third-order valence-corrected chi connectivity index (χ3v) is 1.71. The molecule has 0 bridgehead atoms. The molecular weight excluding hydrogens is 233 g/mol. The number of alkyl halides is 3. The zero-order valence-corrected chi connectivity index (χ0v) is 7.41. The summed E-state index contributed by atoms with van der Waals surface area (Å²) in [6.07, 6.45) is -4.34. The second-order valence-corrected chi connectivity index (χ2v) is 3.19. The Hall–Kier alpha value is -0.510. The van der Waals surface area contributed by atoms with E-state index in [4.69, 9.17) is 6.92 Å². The van der Waals surface area contributed by atoms with Gasteiger partial charge in [-0.1, -0.05) is 15.9 Å². The lowest BCUT2D eigenvalue weighted by atomic mass is 10.1. The molecule has 0 nitrogen and oxygen atoms in total.